The third-order valence-corrected chi connectivity index (χ3v) is 1.84. The highest BCUT2D eigenvalue weighted by Gasteiger charge is 2.04. The van der Waals surface area contributed by atoms with Gasteiger partial charge in [-0.15, -0.1) is 0 Å². The smallest absolute Gasteiger partial charge is 0.208 e. The van der Waals surface area contributed by atoms with Crippen LogP contribution in [0.5, 0.6) is 0 Å². The van der Waals surface area contributed by atoms with Gasteiger partial charge < -0.3 is 14.5 Å². The molecule has 4 heteroatoms. The van der Waals surface area contributed by atoms with Gasteiger partial charge in [0.05, 0.1) is 19.3 Å². The lowest BCUT2D eigenvalue weighted by molar-refractivity contribution is 0.126. The third-order valence-electron chi connectivity index (χ3n) is 1.84. The quantitative estimate of drug-likeness (QED) is 0.752. The molecule has 0 radical (unpaired) electrons. The summed E-state index contributed by atoms with van der Waals surface area (Å²) < 4.78 is 10.6. The SMILES string of the molecule is CCOCC(C)NCc1ncc(C)o1. The highest BCUT2D eigenvalue weighted by molar-refractivity contribution is 4.90. The molecule has 0 saturated heterocycles. The number of hydrogen-bond donors (Lipinski definition) is 1. The molecule has 4 nitrogen and oxygen atoms in total. The number of nitrogens with one attached hydrogen (secondary N) is 1. The van der Waals surface area contributed by atoms with Gasteiger partial charge in [-0.1, -0.05) is 0 Å². The Balaban J connectivity index is 2.20. The molecular formula is C10H18N2O2. The van der Waals surface area contributed by atoms with Crippen LogP contribution in [0.15, 0.2) is 10.6 Å². The van der Waals surface area contributed by atoms with Crippen molar-refractivity contribution in [2.45, 2.75) is 33.4 Å². The lowest BCUT2D eigenvalue weighted by Crippen LogP contribution is -2.30. The van der Waals surface area contributed by atoms with Gasteiger partial charge in [0, 0.05) is 12.6 Å². The molecule has 0 spiro atoms. The van der Waals surface area contributed by atoms with Crippen LogP contribution in [0.4, 0.5) is 0 Å². The summed E-state index contributed by atoms with van der Waals surface area (Å²) in [6.45, 7) is 8.08. The molecule has 1 atom stereocenters. The first-order chi connectivity index (χ1) is 6.72. The molecule has 1 aromatic heterocycles. The standard InChI is InChI=1S/C10H18N2O2/c1-4-13-7-8(2)11-6-10-12-5-9(3)14-10/h5,8,11H,4,6-7H2,1-3H3. The third kappa shape index (κ3) is 3.89. The minimum Gasteiger partial charge on any atom is -0.445 e. The molecule has 0 aliphatic heterocycles. The number of hydrogen-bond acceptors (Lipinski definition) is 4. The second kappa shape index (κ2) is 5.78. The van der Waals surface area contributed by atoms with E-state index in [9.17, 15) is 0 Å². The molecule has 0 aromatic carbocycles. The van der Waals surface area contributed by atoms with Crippen molar-refractivity contribution in [3.05, 3.63) is 17.8 Å². The van der Waals surface area contributed by atoms with Crippen LogP contribution in [-0.2, 0) is 11.3 Å². The van der Waals surface area contributed by atoms with Crippen LogP contribution in [0.1, 0.15) is 25.5 Å². The summed E-state index contributed by atoms with van der Waals surface area (Å²) in [6, 6.07) is 0.321. The van der Waals surface area contributed by atoms with Gasteiger partial charge in [-0.3, -0.25) is 0 Å². The van der Waals surface area contributed by atoms with Crippen LogP contribution >= 0.6 is 0 Å². The zero-order valence-electron chi connectivity index (χ0n) is 9.04. The van der Waals surface area contributed by atoms with Gasteiger partial charge in [0.1, 0.15) is 5.76 Å². The number of ether oxygens (including phenoxy) is 1. The molecule has 14 heavy (non-hydrogen) atoms. The molecule has 1 aromatic rings. The van der Waals surface area contributed by atoms with Crippen molar-refractivity contribution in [2.24, 2.45) is 0 Å². The maximum Gasteiger partial charge on any atom is 0.208 e. The second-order valence-electron chi connectivity index (χ2n) is 3.31. The van der Waals surface area contributed by atoms with Crippen LogP contribution in [0.3, 0.4) is 0 Å². The number of nitrogens with zero attached hydrogens (tertiary/aromatic N) is 1. The Morgan fingerprint density at radius 1 is 1.64 bits per heavy atom. The fourth-order valence-electron chi connectivity index (χ4n) is 1.10. The van der Waals surface area contributed by atoms with E-state index in [2.05, 4.69) is 17.2 Å². The Morgan fingerprint density at radius 2 is 2.43 bits per heavy atom. The van der Waals surface area contributed by atoms with E-state index in [0.717, 1.165) is 24.9 Å². The van der Waals surface area contributed by atoms with E-state index in [1.54, 1.807) is 6.20 Å². The van der Waals surface area contributed by atoms with Crippen LogP contribution in [0.2, 0.25) is 0 Å². The first-order valence-electron chi connectivity index (χ1n) is 4.94. The van der Waals surface area contributed by atoms with Gasteiger partial charge in [0.25, 0.3) is 0 Å². The minimum atomic E-state index is 0.321. The summed E-state index contributed by atoms with van der Waals surface area (Å²) in [6.07, 6.45) is 1.73. The molecule has 1 unspecified atom stereocenters. The molecule has 0 bridgehead atoms. The predicted molar refractivity (Wildman–Crippen MR) is 54.0 cm³/mol. The van der Waals surface area contributed by atoms with Gasteiger partial charge in [0.2, 0.25) is 5.89 Å². The average molecular weight is 198 g/mol. The van der Waals surface area contributed by atoms with Gasteiger partial charge in [-0.25, -0.2) is 4.98 Å². The maximum absolute atomic E-state index is 5.32. The summed E-state index contributed by atoms with van der Waals surface area (Å²) in [4.78, 5) is 4.10. The van der Waals surface area contributed by atoms with Crippen molar-refractivity contribution < 1.29 is 9.15 Å². The van der Waals surface area contributed by atoms with E-state index in [-0.39, 0.29) is 0 Å². The van der Waals surface area contributed by atoms with E-state index in [1.165, 1.54) is 0 Å². The molecular weight excluding hydrogens is 180 g/mol. The fourth-order valence-corrected chi connectivity index (χ4v) is 1.10. The van der Waals surface area contributed by atoms with Crippen LogP contribution in [0.25, 0.3) is 0 Å². The number of aryl methyl sites for hydroxylation is 1. The van der Waals surface area contributed by atoms with E-state index in [0.29, 0.717) is 12.6 Å². The van der Waals surface area contributed by atoms with Crippen molar-refractivity contribution in [2.75, 3.05) is 13.2 Å². The average Bonchev–Trinajstić information content (AvgIpc) is 2.58. The summed E-state index contributed by atoms with van der Waals surface area (Å²) >= 11 is 0. The minimum absolute atomic E-state index is 0.321. The Morgan fingerprint density at radius 3 is 3.00 bits per heavy atom. The van der Waals surface area contributed by atoms with Crippen LogP contribution in [0, 0.1) is 6.92 Å². The van der Waals surface area contributed by atoms with E-state index < -0.39 is 0 Å². The molecule has 1 heterocycles. The fraction of sp³-hybridized carbons (Fsp3) is 0.700. The van der Waals surface area contributed by atoms with Crippen molar-refractivity contribution in [1.82, 2.24) is 10.3 Å². The van der Waals surface area contributed by atoms with Crippen molar-refractivity contribution in [3.8, 4) is 0 Å². The summed E-state index contributed by atoms with van der Waals surface area (Å²) in [5.74, 6) is 1.57. The monoisotopic (exact) mass is 198 g/mol. The number of oxazole rings is 1. The van der Waals surface area contributed by atoms with Gasteiger partial charge in [-0.2, -0.15) is 0 Å². The molecule has 80 valence electrons. The number of rotatable bonds is 6. The van der Waals surface area contributed by atoms with Gasteiger partial charge in [-0.05, 0) is 20.8 Å². The van der Waals surface area contributed by atoms with Crippen molar-refractivity contribution in [3.63, 3.8) is 0 Å². The van der Waals surface area contributed by atoms with Crippen LogP contribution in [-0.4, -0.2) is 24.2 Å². The predicted octanol–water partition coefficient (Wildman–Crippen LogP) is 1.50. The molecule has 1 N–H and O–H groups in total. The Labute approximate surface area is 84.7 Å². The highest BCUT2D eigenvalue weighted by atomic mass is 16.5. The first kappa shape index (κ1) is 11.2. The van der Waals surface area contributed by atoms with Crippen molar-refractivity contribution >= 4 is 0 Å². The zero-order valence-corrected chi connectivity index (χ0v) is 9.04. The maximum atomic E-state index is 5.32. The Bertz CT molecular complexity index is 260. The molecule has 1 rings (SSSR count). The molecule has 0 saturated carbocycles. The molecule has 0 amide bonds. The highest BCUT2D eigenvalue weighted by Crippen LogP contribution is 2.01. The Kier molecular flexibility index (Phi) is 4.62. The molecule has 0 aliphatic carbocycles. The summed E-state index contributed by atoms with van der Waals surface area (Å²) in [5, 5.41) is 3.27. The normalized spacial score (nSPS) is 13.1. The molecule has 0 aliphatic rings. The van der Waals surface area contributed by atoms with E-state index in [4.69, 9.17) is 9.15 Å². The lowest BCUT2D eigenvalue weighted by atomic mass is 10.3. The zero-order chi connectivity index (χ0) is 10.4. The first-order valence-corrected chi connectivity index (χ1v) is 4.94. The number of aromatic nitrogens is 1. The summed E-state index contributed by atoms with van der Waals surface area (Å²) in [5.41, 5.74) is 0. The lowest BCUT2D eigenvalue weighted by Gasteiger charge is -2.11. The van der Waals surface area contributed by atoms with Gasteiger partial charge in [0.15, 0.2) is 0 Å². The van der Waals surface area contributed by atoms with Crippen molar-refractivity contribution in [1.29, 1.82) is 0 Å². The second-order valence-corrected chi connectivity index (χ2v) is 3.31. The topological polar surface area (TPSA) is 47.3 Å². The largest absolute Gasteiger partial charge is 0.445 e. The van der Waals surface area contributed by atoms with E-state index >= 15 is 0 Å². The van der Waals surface area contributed by atoms with E-state index in [1.807, 2.05) is 13.8 Å². The van der Waals surface area contributed by atoms with Crippen LogP contribution < -0.4 is 5.32 Å². The summed E-state index contributed by atoms with van der Waals surface area (Å²) in [7, 11) is 0. The Hall–Kier alpha value is -0.870. The molecule has 0 fully saturated rings. The van der Waals surface area contributed by atoms with Gasteiger partial charge >= 0.3 is 0 Å².